The Kier molecular flexibility index (Phi) is 5.92. The monoisotopic (exact) mass is 293 g/mol. The molecule has 3 nitrogen and oxygen atoms in total. The van der Waals surface area contributed by atoms with Gasteiger partial charge in [-0.15, -0.1) is 11.8 Å². The quantitative estimate of drug-likeness (QED) is 0.876. The highest BCUT2D eigenvalue weighted by molar-refractivity contribution is 7.99. The third-order valence-corrected chi connectivity index (χ3v) is 4.78. The molecule has 4 heteroatoms. The maximum atomic E-state index is 12.1. The van der Waals surface area contributed by atoms with Crippen LogP contribution in [0, 0.1) is 12.8 Å². The molecule has 0 spiro atoms. The van der Waals surface area contributed by atoms with Gasteiger partial charge in [-0.2, -0.15) is 0 Å². The third-order valence-electron chi connectivity index (χ3n) is 3.79. The number of hydrogen-bond acceptors (Lipinski definition) is 3. The molecule has 1 unspecified atom stereocenters. The van der Waals surface area contributed by atoms with Crippen LogP contribution in [0.25, 0.3) is 0 Å². The Morgan fingerprint density at radius 3 is 2.85 bits per heavy atom. The molecule has 1 aliphatic heterocycles. The number of likely N-dealkylation sites (tertiary alicyclic amines) is 1. The van der Waals surface area contributed by atoms with E-state index in [1.54, 1.807) is 11.8 Å². The Bertz CT molecular complexity index is 433. The summed E-state index contributed by atoms with van der Waals surface area (Å²) in [7, 11) is 0. The Balaban J connectivity index is 1.69. The van der Waals surface area contributed by atoms with Crippen molar-refractivity contribution in [2.75, 3.05) is 25.4 Å². The molecule has 110 valence electrons. The lowest BCUT2D eigenvalue weighted by atomic mass is 10.1. The fraction of sp³-hybridized carbons (Fsp3) is 0.562. The first-order valence-electron chi connectivity index (χ1n) is 7.21. The van der Waals surface area contributed by atoms with E-state index in [-0.39, 0.29) is 12.5 Å². The van der Waals surface area contributed by atoms with Crippen molar-refractivity contribution in [3.63, 3.8) is 0 Å². The third kappa shape index (κ3) is 4.53. The first-order valence-corrected chi connectivity index (χ1v) is 8.36. The molecular formula is C16H23NO2S. The van der Waals surface area contributed by atoms with Crippen molar-refractivity contribution in [3.05, 3.63) is 35.4 Å². The molecule has 1 N–H and O–H groups in total. The summed E-state index contributed by atoms with van der Waals surface area (Å²) < 4.78 is 0. The van der Waals surface area contributed by atoms with E-state index in [0.29, 0.717) is 11.7 Å². The number of thioether (sulfide) groups is 1. The molecule has 0 bridgehead atoms. The molecule has 1 fully saturated rings. The minimum absolute atomic E-state index is 0.231. The van der Waals surface area contributed by atoms with Gasteiger partial charge in [-0.05, 0) is 31.2 Å². The molecule has 1 aromatic carbocycles. The van der Waals surface area contributed by atoms with Gasteiger partial charge in [0.25, 0.3) is 0 Å². The van der Waals surface area contributed by atoms with Gasteiger partial charge >= 0.3 is 0 Å². The average Bonchev–Trinajstić information content (AvgIpc) is 2.90. The largest absolute Gasteiger partial charge is 0.396 e. The number of rotatable bonds is 6. The molecule has 0 saturated carbocycles. The van der Waals surface area contributed by atoms with Gasteiger partial charge < -0.3 is 10.0 Å². The van der Waals surface area contributed by atoms with E-state index in [1.165, 1.54) is 11.1 Å². The SMILES string of the molecule is Cc1ccc(CSCC(=O)N2CCC(CCO)C2)cc1. The lowest BCUT2D eigenvalue weighted by molar-refractivity contribution is -0.127. The van der Waals surface area contributed by atoms with Gasteiger partial charge in [0.2, 0.25) is 5.91 Å². The predicted octanol–water partition coefficient (Wildman–Crippen LogP) is 2.46. The van der Waals surface area contributed by atoms with E-state index >= 15 is 0 Å². The molecule has 0 aromatic heterocycles. The zero-order valence-electron chi connectivity index (χ0n) is 12.0. The second-order valence-corrected chi connectivity index (χ2v) is 6.47. The summed E-state index contributed by atoms with van der Waals surface area (Å²) >= 11 is 1.68. The van der Waals surface area contributed by atoms with Crippen LogP contribution >= 0.6 is 11.8 Å². The van der Waals surface area contributed by atoms with Crippen molar-refractivity contribution in [2.45, 2.75) is 25.5 Å². The van der Waals surface area contributed by atoms with Crippen LogP contribution in [0.2, 0.25) is 0 Å². The molecule has 1 heterocycles. The van der Waals surface area contributed by atoms with Crippen LogP contribution in [0.15, 0.2) is 24.3 Å². The van der Waals surface area contributed by atoms with E-state index in [0.717, 1.165) is 31.7 Å². The number of aliphatic hydroxyl groups excluding tert-OH is 1. The Hall–Kier alpha value is -1.00. The van der Waals surface area contributed by atoms with E-state index in [9.17, 15) is 4.79 Å². The topological polar surface area (TPSA) is 40.5 Å². The fourth-order valence-corrected chi connectivity index (χ4v) is 3.40. The molecule has 0 radical (unpaired) electrons. The van der Waals surface area contributed by atoms with Crippen LogP contribution in [0.1, 0.15) is 24.0 Å². The summed E-state index contributed by atoms with van der Waals surface area (Å²) in [4.78, 5) is 14.0. The average molecular weight is 293 g/mol. The summed E-state index contributed by atoms with van der Waals surface area (Å²) in [5.41, 5.74) is 2.54. The maximum Gasteiger partial charge on any atom is 0.232 e. The second-order valence-electron chi connectivity index (χ2n) is 5.49. The number of aliphatic hydroxyl groups is 1. The normalized spacial score (nSPS) is 18.5. The number of carbonyl (C=O) groups excluding carboxylic acids is 1. The molecule has 1 aromatic rings. The van der Waals surface area contributed by atoms with Crippen molar-refractivity contribution < 1.29 is 9.90 Å². The smallest absolute Gasteiger partial charge is 0.232 e. The van der Waals surface area contributed by atoms with Crippen molar-refractivity contribution in [2.24, 2.45) is 5.92 Å². The molecule has 1 amide bonds. The van der Waals surface area contributed by atoms with Crippen molar-refractivity contribution in [3.8, 4) is 0 Å². The summed E-state index contributed by atoms with van der Waals surface area (Å²) in [5, 5.41) is 8.93. The number of carbonyl (C=O) groups is 1. The summed E-state index contributed by atoms with van der Waals surface area (Å²) in [6, 6.07) is 8.47. The molecule has 1 aliphatic rings. The van der Waals surface area contributed by atoms with Gasteiger partial charge in [-0.3, -0.25) is 4.79 Å². The number of nitrogens with zero attached hydrogens (tertiary/aromatic N) is 1. The summed E-state index contributed by atoms with van der Waals surface area (Å²) in [6.45, 7) is 3.99. The van der Waals surface area contributed by atoms with Crippen LogP contribution in [-0.2, 0) is 10.5 Å². The van der Waals surface area contributed by atoms with Crippen LogP contribution in [0.5, 0.6) is 0 Å². The Morgan fingerprint density at radius 1 is 1.40 bits per heavy atom. The molecular weight excluding hydrogens is 270 g/mol. The number of benzene rings is 1. The van der Waals surface area contributed by atoms with Crippen LogP contribution in [0.4, 0.5) is 0 Å². The van der Waals surface area contributed by atoms with Crippen molar-refractivity contribution in [1.82, 2.24) is 4.90 Å². The molecule has 1 atom stereocenters. The number of amides is 1. The molecule has 20 heavy (non-hydrogen) atoms. The lowest BCUT2D eigenvalue weighted by Crippen LogP contribution is -2.30. The highest BCUT2D eigenvalue weighted by Crippen LogP contribution is 2.21. The van der Waals surface area contributed by atoms with Gasteiger partial charge in [-0.25, -0.2) is 0 Å². The standard InChI is InChI=1S/C16H23NO2S/c1-13-2-4-15(5-3-13)11-20-12-16(19)17-8-6-14(10-17)7-9-18/h2-5,14,18H,6-12H2,1H3. The summed E-state index contributed by atoms with van der Waals surface area (Å²) in [5.74, 6) is 2.17. The molecule has 1 saturated heterocycles. The van der Waals surface area contributed by atoms with Gasteiger partial charge in [0.15, 0.2) is 0 Å². The van der Waals surface area contributed by atoms with Crippen LogP contribution in [-0.4, -0.2) is 41.4 Å². The van der Waals surface area contributed by atoms with Gasteiger partial charge in [0.1, 0.15) is 0 Å². The first-order chi connectivity index (χ1) is 9.69. The molecule has 0 aliphatic carbocycles. The van der Waals surface area contributed by atoms with E-state index < -0.39 is 0 Å². The van der Waals surface area contributed by atoms with Gasteiger partial charge in [0.05, 0.1) is 5.75 Å². The lowest BCUT2D eigenvalue weighted by Gasteiger charge is -2.16. The highest BCUT2D eigenvalue weighted by atomic mass is 32.2. The Labute approximate surface area is 125 Å². The van der Waals surface area contributed by atoms with E-state index in [1.807, 2.05) is 4.90 Å². The predicted molar refractivity (Wildman–Crippen MR) is 83.7 cm³/mol. The number of hydrogen-bond donors (Lipinski definition) is 1. The van der Waals surface area contributed by atoms with Crippen molar-refractivity contribution >= 4 is 17.7 Å². The first kappa shape index (κ1) is 15.4. The zero-order valence-corrected chi connectivity index (χ0v) is 12.9. The van der Waals surface area contributed by atoms with Crippen molar-refractivity contribution in [1.29, 1.82) is 0 Å². The van der Waals surface area contributed by atoms with Gasteiger partial charge in [0, 0.05) is 25.4 Å². The molecule has 2 rings (SSSR count). The minimum Gasteiger partial charge on any atom is -0.396 e. The van der Waals surface area contributed by atoms with E-state index in [4.69, 9.17) is 5.11 Å². The van der Waals surface area contributed by atoms with Crippen LogP contribution in [0.3, 0.4) is 0 Å². The summed E-state index contributed by atoms with van der Waals surface area (Å²) in [6.07, 6.45) is 1.86. The minimum atomic E-state index is 0.231. The Morgan fingerprint density at radius 2 is 2.15 bits per heavy atom. The van der Waals surface area contributed by atoms with Crippen LogP contribution < -0.4 is 0 Å². The fourth-order valence-electron chi connectivity index (χ4n) is 2.51. The van der Waals surface area contributed by atoms with Gasteiger partial charge in [-0.1, -0.05) is 29.8 Å². The van der Waals surface area contributed by atoms with E-state index in [2.05, 4.69) is 31.2 Å². The highest BCUT2D eigenvalue weighted by Gasteiger charge is 2.25. The zero-order chi connectivity index (χ0) is 14.4. The maximum absolute atomic E-state index is 12.1. The number of aryl methyl sites for hydroxylation is 1. The second kappa shape index (κ2) is 7.70.